The van der Waals surface area contributed by atoms with Crippen LogP contribution < -0.4 is 10.2 Å². The van der Waals surface area contributed by atoms with Gasteiger partial charge in [-0.05, 0) is 37.1 Å². The van der Waals surface area contributed by atoms with Gasteiger partial charge in [-0.3, -0.25) is 4.79 Å². The van der Waals surface area contributed by atoms with E-state index in [1.54, 1.807) is 24.1 Å². The van der Waals surface area contributed by atoms with E-state index in [1.807, 2.05) is 6.07 Å². The second-order valence-corrected chi connectivity index (χ2v) is 10.1. The first-order valence-corrected chi connectivity index (χ1v) is 12.2. The molecule has 10 heteroatoms. The van der Waals surface area contributed by atoms with Crippen molar-refractivity contribution in [3.8, 4) is 0 Å². The maximum Gasteiger partial charge on any atom is 0.227 e. The van der Waals surface area contributed by atoms with Crippen LogP contribution in [0.1, 0.15) is 42.6 Å². The average Bonchev–Trinajstić information content (AvgIpc) is 3.15. The standard InChI is InChI=1S/C21H26FN5O3S/c1-23-19-12-18(15-11-20(28)27(13-15)17-5-3-16(22)4-6-17)24-21(25-19)14-7-9-26(10-8-14)31(2,29)30/h3-6,12,14-15H,7-11,13H2,1-2H3,(H,23,24,25)/t15-/m0/s1. The minimum atomic E-state index is -3.19. The van der Waals surface area contributed by atoms with Crippen LogP contribution in [0.25, 0.3) is 0 Å². The summed E-state index contributed by atoms with van der Waals surface area (Å²) < 4.78 is 38.3. The second kappa shape index (κ2) is 8.51. The first kappa shape index (κ1) is 21.6. The number of nitrogens with one attached hydrogen (secondary N) is 1. The number of anilines is 2. The molecule has 1 N–H and O–H groups in total. The Morgan fingerprint density at radius 1 is 1.10 bits per heavy atom. The molecule has 1 aromatic carbocycles. The van der Waals surface area contributed by atoms with Crippen LogP contribution in [0.15, 0.2) is 30.3 Å². The summed E-state index contributed by atoms with van der Waals surface area (Å²) in [4.78, 5) is 23.7. The van der Waals surface area contributed by atoms with E-state index in [1.165, 1.54) is 22.7 Å². The van der Waals surface area contributed by atoms with Crippen LogP contribution in [0, 0.1) is 5.82 Å². The lowest BCUT2D eigenvalue weighted by Crippen LogP contribution is -2.37. The Morgan fingerprint density at radius 3 is 2.39 bits per heavy atom. The minimum Gasteiger partial charge on any atom is -0.373 e. The molecule has 4 rings (SSSR count). The van der Waals surface area contributed by atoms with Crippen molar-refractivity contribution in [3.63, 3.8) is 0 Å². The van der Waals surface area contributed by atoms with Gasteiger partial charge in [0.25, 0.3) is 0 Å². The Bertz CT molecular complexity index is 1070. The molecule has 8 nitrogen and oxygen atoms in total. The van der Waals surface area contributed by atoms with Gasteiger partial charge in [0.05, 0.1) is 11.9 Å². The lowest BCUT2D eigenvalue weighted by Gasteiger charge is -2.29. The van der Waals surface area contributed by atoms with E-state index >= 15 is 0 Å². The molecule has 1 amide bonds. The Labute approximate surface area is 181 Å². The van der Waals surface area contributed by atoms with Crippen LogP contribution in [-0.4, -0.2) is 61.5 Å². The Kier molecular flexibility index (Phi) is 5.94. The summed E-state index contributed by atoms with van der Waals surface area (Å²) in [6, 6.07) is 7.77. The molecule has 2 aliphatic heterocycles. The Balaban J connectivity index is 1.54. The van der Waals surface area contributed by atoms with Crippen LogP contribution >= 0.6 is 0 Å². The van der Waals surface area contributed by atoms with Crippen molar-refractivity contribution < 1.29 is 17.6 Å². The number of hydrogen-bond donors (Lipinski definition) is 1. The molecule has 0 radical (unpaired) electrons. The molecule has 0 unspecified atom stereocenters. The molecule has 2 saturated heterocycles. The molecule has 31 heavy (non-hydrogen) atoms. The molecule has 0 saturated carbocycles. The molecule has 2 aromatic rings. The smallest absolute Gasteiger partial charge is 0.227 e. The van der Waals surface area contributed by atoms with Crippen molar-refractivity contribution in [1.82, 2.24) is 14.3 Å². The lowest BCUT2D eigenvalue weighted by atomic mass is 9.96. The fourth-order valence-electron chi connectivity index (χ4n) is 4.23. The maximum atomic E-state index is 13.2. The van der Waals surface area contributed by atoms with Crippen molar-refractivity contribution in [2.75, 3.05) is 43.2 Å². The number of benzene rings is 1. The highest BCUT2D eigenvalue weighted by Gasteiger charge is 2.34. The zero-order chi connectivity index (χ0) is 22.2. The number of piperidine rings is 1. The molecular formula is C21H26FN5O3S. The monoisotopic (exact) mass is 447 g/mol. The van der Waals surface area contributed by atoms with Crippen LogP contribution in [0.5, 0.6) is 0 Å². The molecule has 166 valence electrons. The van der Waals surface area contributed by atoms with E-state index in [-0.39, 0.29) is 23.6 Å². The van der Waals surface area contributed by atoms with E-state index < -0.39 is 10.0 Å². The van der Waals surface area contributed by atoms with Gasteiger partial charge in [0.2, 0.25) is 15.9 Å². The second-order valence-electron chi connectivity index (χ2n) is 8.10. The van der Waals surface area contributed by atoms with Crippen LogP contribution in [0.2, 0.25) is 0 Å². The number of halogens is 1. The first-order chi connectivity index (χ1) is 14.7. The average molecular weight is 448 g/mol. The highest BCUT2D eigenvalue weighted by atomic mass is 32.2. The quantitative estimate of drug-likeness (QED) is 0.756. The summed E-state index contributed by atoms with van der Waals surface area (Å²) in [6.45, 7) is 1.37. The fraction of sp³-hybridized carbons (Fsp3) is 0.476. The van der Waals surface area contributed by atoms with E-state index in [0.29, 0.717) is 56.2 Å². The third-order valence-corrected chi connectivity index (χ3v) is 7.29. The van der Waals surface area contributed by atoms with E-state index in [0.717, 1.165) is 5.69 Å². The van der Waals surface area contributed by atoms with Crippen molar-refractivity contribution >= 4 is 27.4 Å². The summed E-state index contributed by atoms with van der Waals surface area (Å²) in [5.74, 6) is 0.969. The van der Waals surface area contributed by atoms with Gasteiger partial charge in [0.1, 0.15) is 17.5 Å². The summed E-state index contributed by atoms with van der Waals surface area (Å²) in [5, 5.41) is 3.07. The molecule has 0 aliphatic carbocycles. The largest absolute Gasteiger partial charge is 0.373 e. The number of rotatable bonds is 5. The highest BCUT2D eigenvalue weighted by molar-refractivity contribution is 7.88. The van der Waals surface area contributed by atoms with Crippen molar-refractivity contribution in [2.45, 2.75) is 31.1 Å². The van der Waals surface area contributed by atoms with Gasteiger partial charge < -0.3 is 10.2 Å². The van der Waals surface area contributed by atoms with Crippen LogP contribution in [0.4, 0.5) is 15.9 Å². The summed E-state index contributed by atoms with van der Waals surface area (Å²) in [6.07, 6.45) is 2.87. The van der Waals surface area contributed by atoms with E-state index in [4.69, 9.17) is 4.98 Å². The number of sulfonamides is 1. The van der Waals surface area contributed by atoms with Gasteiger partial charge in [-0.25, -0.2) is 27.1 Å². The number of aromatic nitrogens is 2. The Hall–Kier alpha value is -2.59. The zero-order valence-corrected chi connectivity index (χ0v) is 18.4. The number of carbonyl (C=O) groups is 1. The van der Waals surface area contributed by atoms with Gasteiger partial charge in [0, 0.05) is 56.7 Å². The summed E-state index contributed by atoms with van der Waals surface area (Å²) in [7, 11) is -1.41. The maximum absolute atomic E-state index is 13.2. The van der Waals surface area contributed by atoms with Crippen molar-refractivity contribution in [1.29, 1.82) is 0 Å². The molecule has 0 spiro atoms. The SMILES string of the molecule is CNc1cc([C@H]2CC(=O)N(c3ccc(F)cc3)C2)nc(C2CCN(S(C)(=O)=O)CC2)n1. The van der Waals surface area contributed by atoms with Crippen molar-refractivity contribution in [2.24, 2.45) is 0 Å². The number of hydrogen-bond acceptors (Lipinski definition) is 6. The molecule has 2 fully saturated rings. The molecule has 1 aromatic heterocycles. The summed E-state index contributed by atoms with van der Waals surface area (Å²) in [5.41, 5.74) is 1.46. The van der Waals surface area contributed by atoms with Gasteiger partial charge in [-0.15, -0.1) is 0 Å². The molecule has 0 bridgehead atoms. The first-order valence-electron chi connectivity index (χ1n) is 10.3. The van der Waals surface area contributed by atoms with Crippen LogP contribution in [0.3, 0.4) is 0 Å². The Morgan fingerprint density at radius 2 is 1.77 bits per heavy atom. The minimum absolute atomic E-state index is 0.0239. The zero-order valence-electron chi connectivity index (χ0n) is 17.6. The molecule has 2 aliphatic rings. The third kappa shape index (κ3) is 4.69. The van der Waals surface area contributed by atoms with E-state index in [9.17, 15) is 17.6 Å². The predicted molar refractivity (Wildman–Crippen MR) is 116 cm³/mol. The number of carbonyl (C=O) groups excluding carboxylic acids is 1. The van der Waals surface area contributed by atoms with Crippen molar-refractivity contribution in [3.05, 3.63) is 47.7 Å². The molecule has 3 heterocycles. The number of nitrogens with zero attached hydrogens (tertiary/aromatic N) is 4. The highest BCUT2D eigenvalue weighted by Crippen LogP contribution is 2.34. The van der Waals surface area contributed by atoms with Crippen LogP contribution in [-0.2, 0) is 14.8 Å². The predicted octanol–water partition coefficient (Wildman–Crippen LogP) is 2.32. The summed E-state index contributed by atoms with van der Waals surface area (Å²) >= 11 is 0. The normalized spacial score (nSPS) is 20.9. The topological polar surface area (TPSA) is 95.5 Å². The fourth-order valence-corrected chi connectivity index (χ4v) is 5.10. The van der Waals surface area contributed by atoms with Gasteiger partial charge >= 0.3 is 0 Å². The van der Waals surface area contributed by atoms with Gasteiger partial charge in [-0.1, -0.05) is 0 Å². The number of amides is 1. The lowest BCUT2D eigenvalue weighted by molar-refractivity contribution is -0.117. The third-order valence-electron chi connectivity index (χ3n) is 5.99. The molecular weight excluding hydrogens is 421 g/mol. The molecule has 1 atom stereocenters. The van der Waals surface area contributed by atoms with Gasteiger partial charge in [-0.2, -0.15) is 0 Å². The van der Waals surface area contributed by atoms with Gasteiger partial charge in [0.15, 0.2) is 0 Å². The van der Waals surface area contributed by atoms with E-state index in [2.05, 4.69) is 10.3 Å².